The summed E-state index contributed by atoms with van der Waals surface area (Å²) in [6.07, 6.45) is 1.51. The molecule has 0 bridgehead atoms. The molecule has 1 amide bonds. The number of nitrogens with zero attached hydrogens (tertiary/aromatic N) is 1. The lowest BCUT2D eigenvalue weighted by atomic mass is 10.2. The molecule has 64 valence electrons. The molecule has 0 aliphatic carbocycles. The van der Waals surface area contributed by atoms with Crippen molar-refractivity contribution in [1.82, 2.24) is 4.98 Å². The maximum atomic E-state index is 10.7. The predicted octanol–water partition coefficient (Wildman–Crippen LogP) is 0.293. The van der Waals surface area contributed by atoms with Gasteiger partial charge in [0.1, 0.15) is 5.15 Å². The quantitative estimate of drug-likeness (QED) is 0.650. The van der Waals surface area contributed by atoms with Crippen molar-refractivity contribution in [3.8, 4) is 0 Å². The van der Waals surface area contributed by atoms with E-state index >= 15 is 0 Å². The fourth-order valence-corrected chi connectivity index (χ4v) is 0.972. The second-order valence-electron chi connectivity index (χ2n) is 2.25. The molecule has 1 rings (SSSR count). The molecule has 0 saturated heterocycles. The highest BCUT2D eigenvalue weighted by atomic mass is 35.5. The van der Waals surface area contributed by atoms with E-state index in [2.05, 4.69) is 4.98 Å². The number of hydrogen-bond acceptors (Lipinski definition) is 3. The van der Waals surface area contributed by atoms with Crippen LogP contribution in [0.15, 0.2) is 12.3 Å². The molecule has 1 heterocycles. The van der Waals surface area contributed by atoms with Crippen LogP contribution >= 0.6 is 11.6 Å². The number of aromatic nitrogens is 1. The van der Waals surface area contributed by atoms with Crippen molar-refractivity contribution < 1.29 is 4.79 Å². The average Bonchev–Trinajstić information content (AvgIpc) is 2.05. The van der Waals surface area contributed by atoms with E-state index in [9.17, 15) is 4.79 Å². The van der Waals surface area contributed by atoms with Gasteiger partial charge < -0.3 is 11.5 Å². The zero-order valence-corrected chi connectivity index (χ0v) is 7.01. The Morgan fingerprint density at radius 1 is 1.67 bits per heavy atom. The molecule has 0 radical (unpaired) electrons. The maximum absolute atomic E-state index is 10.7. The smallest absolute Gasteiger partial charge is 0.251 e. The third-order valence-corrected chi connectivity index (χ3v) is 1.70. The highest BCUT2D eigenvalue weighted by molar-refractivity contribution is 6.32. The Labute approximate surface area is 74.5 Å². The summed E-state index contributed by atoms with van der Waals surface area (Å²) >= 11 is 5.60. The van der Waals surface area contributed by atoms with Crippen LogP contribution in [0.25, 0.3) is 0 Å². The first-order chi connectivity index (χ1) is 5.65. The second-order valence-corrected chi connectivity index (χ2v) is 2.61. The molecule has 0 aliphatic rings. The van der Waals surface area contributed by atoms with E-state index in [1.54, 1.807) is 0 Å². The van der Waals surface area contributed by atoms with Gasteiger partial charge in [0.25, 0.3) is 5.91 Å². The van der Waals surface area contributed by atoms with Gasteiger partial charge in [0.15, 0.2) is 0 Å². The van der Waals surface area contributed by atoms with E-state index in [0.717, 1.165) is 5.56 Å². The van der Waals surface area contributed by atoms with Gasteiger partial charge in [-0.25, -0.2) is 4.98 Å². The van der Waals surface area contributed by atoms with Crippen LogP contribution in [0, 0.1) is 0 Å². The number of primary amides is 1. The van der Waals surface area contributed by atoms with E-state index in [1.165, 1.54) is 12.3 Å². The number of amides is 1. The van der Waals surface area contributed by atoms with E-state index in [0.29, 0.717) is 6.54 Å². The summed E-state index contributed by atoms with van der Waals surface area (Å²) in [5, 5.41) is 0.111. The highest BCUT2D eigenvalue weighted by Crippen LogP contribution is 2.12. The Hall–Kier alpha value is -1.13. The SMILES string of the molecule is NCc1cnc(Cl)c(C(N)=O)c1. The maximum Gasteiger partial charge on any atom is 0.251 e. The van der Waals surface area contributed by atoms with Crippen molar-refractivity contribution in [2.75, 3.05) is 0 Å². The molecule has 12 heavy (non-hydrogen) atoms. The Bertz CT molecular complexity index is 314. The minimum Gasteiger partial charge on any atom is -0.366 e. The van der Waals surface area contributed by atoms with Gasteiger partial charge in [0.2, 0.25) is 0 Å². The molecule has 4 N–H and O–H groups in total. The molecule has 1 aromatic rings. The van der Waals surface area contributed by atoms with Crippen molar-refractivity contribution in [3.05, 3.63) is 28.5 Å². The number of nitrogens with two attached hydrogens (primary N) is 2. The van der Waals surface area contributed by atoms with Gasteiger partial charge in [-0.15, -0.1) is 0 Å². The Balaban J connectivity index is 3.17. The summed E-state index contributed by atoms with van der Waals surface area (Å²) in [6, 6.07) is 1.54. The zero-order valence-electron chi connectivity index (χ0n) is 6.25. The van der Waals surface area contributed by atoms with Crippen LogP contribution in [0.1, 0.15) is 15.9 Å². The lowest BCUT2D eigenvalue weighted by molar-refractivity contribution is 0.1000. The molecule has 0 saturated carbocycles. The van der Waals surface area contributed by atoms with Crippen LogP contribution in [0.2, 0.25) is 5.15 Å². The van der Waals surface area contributed by atoms with Crippen LogP contribution in [0.4, 0.5) is 0 Å². The number of rotatable bonds is 2. The first kappa shape index (κ1) is 8.96. The van der Waals surface area contributed by atoms with Crippen LogP contribution in [0.5, 0.6) is 0 Å². The van der Waals surface area contributed by atoms with E-state index < -0.39 is 5.91 Å². The average molecular weight is 186 g/mol. The van der Waals surface area contributed by atoms with Crippen molar-refractivity contribution in [2.24, 2.45) is 11.5 Å². The molecule has 5 heteroatoms. The van der Waals surface area contributed by atoms with Crippen LogP contribution in [-0.4, -0.2) is 10.9 Å². The fourth-order valence-electron chi connectivity index (χ4n) is 0.776. The molecule has 4 nitrogen and oxygen atoms in total. The molecule has 0 aromatic carbocycles. The molecule has 0 spiro atoms. The molecular weight excluding hydrogens is 178 g/mol. The number of carbonyl (C=O) groups is 1. The first-order valence-electron chi connectivity index (χ1n) is 3.29. The van der Waals surface area contributed by atoms with Crippen LogP contribution in [-0.2, 0) is 6.54 Å². The molecule has 0 aliphatic heterocycles. The summed E-state index contributed by atoms with van der Waals surface area (Å²) in [7, 11) is 0. The van der Waals surface area contributed by atoms with E-state index in [1.807, 2.05) is 0 Å². The third kappa shape index (κ3) is 1.72. The molecular formula is C7H8ClN3O. The van der Waals surface area contributed by atoms with Crippen molar-refractivity contribution in [1.29, 1.82) is 0 Å². The topological polar surface area (TPSA) is 82.0 Å². The standard InChI is InChI=1S/C7H8ClN3O/c8-6-5(7(10)12)1-4(2-9)3-11-6/h1,3H,2,9H2,(H2,10,12). The molecule has 0 unspecified atom stereocenters. The summed E-state index contributed by atoms with van der Waals surface area (Å²) in [5.74, 6) is -0.595. The fraction of sp³-hybridized carbons (Fsp3) is 0.143. The lowest BCUT2D eigenvalue weighted by Gasteiger charge is -2.00. The highest BCUT2D eigenvalue weighted by Gasteiger charge is 2.07. The van der Waals surface area contributed by atoms with Gasteiger partial charge in [0.05, 0.1) is 5.56 Å². The summed E-state index contributed by atoms with van der Waals surface area (Å²) < 4.78 is 0. The molecule has 0 atom stereocenters. The number of carbonyl (C=O) groups excluding carboxylic acids is 1. The minimum absolute atomic E-state index is 0.111. The van der Waals surface area contributed by atoms with Gasteiger partial charge in [-0.1, -0.05) is 11.6 Å². The normalized spacial score (nSPS) is 9.83. The van der Waals surface area contributed by atoms with Gasteiger partial charge in [-0.3, -0.25) is 4.79 Å². The summed E-state index contributed by atoms with van der Waals surface area (Å²) in [6.45, 7) is 0.310. The van der Waals surface area contributed by atoms with Crippen molar-refractivity contribution >= 4 is 17.5 Å². The van der Waals surface area contributed by atoms with Crippen LogP contribution in [0.3, 0.4) is 0 Å². The van der Waals surface area contributed by atoms with E-state index in [-0.39, 0.29) is 10.7 Å². The Kier molecular flexibility index (Phi) is 2.62. The Morgan fingerprint density at radius 2 is 2.33 bits per heavy atom. The van der Waals surface area contributed by atoms with Crippen LogP contribution < -0.4 is 11.5 Å². The number of hydrogen-bond donors (Lipinski definition) is 2. The zero-order chi connectivity index (χ0) is 9.14. The summed E-state index contributed by atoms with van der Waals surface area (Å²) in [4.78, 5) is 14.5. The summed E-state index contributed by atoms with van der Waals surface area (Å²) in [5.41, 5.74) is 11.3. The van der Waals surface area contributed by atoms with Gasteiger partial charge in [-0.05, 0) is 11.6 Å². The third-order valence-electron chi connectivity index (χ3n) is 1.40. The molecule has 0 fully saturated rings. The second kappa shape index (κ2) is 3.51. The monoisotopic (exact) mass is 185 g/mol. The largest absolute Gasteiger partial charge is 0.366 e. The lowest BCUT2D eigenvalue weighted by Crippen LogP contribution is -2.13. The Morgan fingerprint density at radius 3 is 2.83 bits per heavy atom. The predicted molar refractivity (Wildman–Crippen MR) is 45.7 cm³/mol. The van der Waals surface area contributed by atoms with Gasteiger partial charge in [0, 0.05) is 12.7 Å². The number of halogens is 1. The minimum atomic E-state index is -0.595. The van der Waals surface area contributed by atoms with Crippen molar-refractivity contribution in [3.63, 3.8) is 0 Å². The number of pyridine rings is 1. The molecule has 1 aromatic heterocycles. The van der Waals surface area contributed by atoms with Gasteiger partial charge in [-0.2, -0.15) is 0 Å². The first-order valence-corrected chi connectivity index (χ1v) is 3.67. The van der Waals surface area contributed by atoms with Crippen molar-refractivity contribution in [2.45, 2.75) is 6.54 Å². The van der Waals surface area contributed by atoms with Gasteiger partial charge >= 0.3 is 0 Å². The van der Waals surface area contributed by atoms with E-state index in [4.69, 9.17) is 23.1 Å².